The number of ketones is 1. The summed E-state index contributed by atoms with van der Waals surface area (Å²) in [5, 5.41) is 21.3. The standard InChI is InChI=1S/C28H27BrN4OS/c1-28(2)12-21-25(22(34)13-28)24(16-8-10-17(29)11-9-16)20(15-31)26(32)33(21)27-19(14-30)18-6-4-3-5-7-23(18)35-27/h8-11,24H,3-7,12-13,32H2,1-2H3. The minimum atomic E-state index is -0.508. The number of carbonyl (C=O) groups is 1. The van der Waals surface area contributed by atoms with Crippen LogP contribution in [0.25, 0.3) is 0 Å². The number of fused-ring (bicyclic) bond motifs is 1. The van der Waals surface area contributed by atoms with Gasteiger partial charge in [-0.2, -0.15) is 10.5 Å². The lowest BCUT2D eigenvalue weighted by atomic mass is 9.68. The number of nitriles is 2. The van der Waals surface area contributed by atoms with Crippen LogP contribution in [-0.4, -0.2) is 5.78 Å². The first kappa shape index (κ1) is 23.9. The van der Waals surface area contributed by atoms with E-state index >= 15 is 0 Å². The molecule has 1 aromatic carbocycles. The van der Waals surface area contributed by atoms with Gasteiger partial charge in [0.05, 0.1) is 23.1 Å². The van der Waals surface area contributed by atoms with Crippen molar-refractivity contribution in [2.24, 2.45) is 11.1 Å². The largest absolute Gasteiger partial charge is 0.384 e. The van der Waals surface area contributed by atoms with Gasteiger partial charge >= 0.3 is 0 Å². The molecule has 1 unspecified atom stereocenters. The van der Waals surface area contributed by atoms with Crippen molar-refractivity contribution >= 4 is 38.1 Å². The molecule has 1 atom stereocenters. The highest BCUT2D eigenvalue weighted by atomic mass is 79.9. The highest BCUT2D eigenvalue weighted by Crippen LogP contribution is 2.52. The van der Waals surface area contributed by atoms with Gasteiger partial charge < -0.3 is 5.73 Å². The zero-order valence-electron chi connectivity index (χ0n) is 19.9. The van der Waals surface area contributed by atoms with Crippen molar-refractivity contribution in [2.45, 2.75) is 64.7 Å². The highest BCUT2D eigenvalue weighted by molar-refractivity contribution is 9.10. The maximum atomic E-state index is 13.7. The summed E-state index contributed by atoms with van der Waals surface area (Å²) in [5.41, 5.74) is 11.0. The number of hydrogen-bond acceptors (Lipinski definition) is 6. The van der Waals surface area contributed by atoms with Crippen LogP contribution in [0.2, 0.25) is 0 Å². The van der Waals surface area contributed by atoms with Crippen LogP contribution in [0.3, 0.4) is 0 Å². The second-order valence-electron chi connectivity index (χ2n) is 10.4. The van der Waals surface area contributed by atoms with E-state index in [4.69, 9.17) is 5.73 Å². The van der Waals surface area contributed by atoms with Crippen LogP contribution >= 0.6 is 27.3 Å². The minimum absolute atomic E-state index is 0.0473. The summed E-state index contributed by atoms with van der Waals surface area (Å²) in [5.74, 6) is -0.130. The van der Waals surface area contributed by atoms with Crippen molar-refractivity contribution in [2.75, 3.05) is 4.90 Å². The molecule has 5 rings (SSSR count). The van der Waals surface area contributed by atoms with Gasteiger partial charge in [0.15, 0.2) is 5.78 Å². The molecule has 1 aliphatic heterocycles. The van der Waals surface area contributed by atoms with Crippen LogP contribution in [0, 0.1) is 28.1 Å². The van der Waals surface area contributed by atoms with Gasteiger partial charge in [0.2, 0.25) is 0 Å². The Bertz CT molecular complexity index is 1370. The van der Waals surface area contributed by atoms with Gasteiger partial charge in [0.25, 0.3) is 0 Å². The van der Waals surface area contributed by atoms with E-state index in [1.54, 1.807) is 11.3 Å². The molecule has 35 heavy (non-hydrogen) atoms. The van der Waals surface area contributed by atoms with E-state index in [9.17, 15) is 15.3 Å². The number of halogens is 1. The molecule has 2 heterocycles. The summed E-state index contributed by atoms with van der Waals surface area (Å²) in [6, 6.07) is 12.5. The number of thiophene rings is 1. The molecule has 0 radical (unpaired) electrons. The molecule has 2 N–H and O–H groups in total. The normalized spacial score (nSPS) is 21.7. The van der Waals surface area contributed by atoms with E-state index in [0.29, 0.717) is 35.4 Å². The topological polar surface area (TPSA) is 93.9 Å². The Morgan fingerprint density at radius 1 is 1.09 bits per heavy atom. The monoisotopic (exact) mass is 546 g/mol. The number of benzene rings is 1. The molecule has 2 aliphatic carbocycles. The molecule has 7 heteroatoms. The molecule has 5 nitrogen and oxygen atoms in total. The Morgan fingerprint density at radius 2 is 1.80 bits per heavy atom. The number of nitrogens with two attached hydrogens (primary N) is 1. The number of anilines is 1. The van der Waals surface area contributed by atoms with Gasteiger partial charge in [0.1, 0.15) is 16.9 Å². The van der Waals surface area contributed by atoms with Crippen molar-refractivity contribution in [1.82, 2.24) is 0 Å². The molecule has 0 saturated heterocycles. The predicted octanol–water partition coefficient (Wildman–Crippen LogP) is 6.59. The van der Waals surface area contributed by atoms with Crippen molar-refractivity contribution in [3.8, 4) is 12.1 Å². The first-order valence-electron chi connectivity index (χ1n) is 12.0. The van der Waals surface area contributed by atoms with Crippen LogP contribution in [0.4, 0.5) is 5.00 Å². The average molecular weight is 548 g/mol. The summed E-state index contributed by atoms with van der Waals surface area (Å²) in [6.07, 6.45) is 6.24. The van der Waals surface area contributed by atoms with Gasteiger partial charge in [-0.3, -0.25) is 9.69 Å². The summed E-state index contributed by atoms with van der Waals surface area (Å²) in [4.78, 5) is 16.8. The van der Waals surface area contributed by atoms with E-state index < -0.39 is 5.92 Å². The van der Waals surface area contributed by atoms with E-state index in [1.165, 1.54) is 11.3 Å². The Kier molecular flexibility index (Phi) is 6.11. The summed E-state index contributed by atoms with van der Waals surface area (Å²) in [6.45, 7) is 4.19. The zero-order valence-corrected chi connectivity index (χ0v) is 22.4. The second-order valence-corrected chi connectivity index (χ2v) is 12.4. The molecular weight excluding hydrogens is 520 g/mol. The molecule has 178 valence electrons. The van der Waals surface area contributed by atoms with Crippen LogP contribution < -0.4 is 10.6 Å². The van der Waals surface area contributed by atoms with Crippen molar-refractivity contribution < 1.29 is 4.79 Å². The number of aryl methyl sites for hydroxylation is 1. The second kappa shape index (κ2) is 8.97. The van der Waals surface area contributed by atoms with Crippen molar-refractivity contribution in [3.05, 3.63) is 73.0 Å². The minimum Gasteiger partial charge on any atom is -0.384 e. The number of hydrogen-bond donors (Lipinski definition) is 1. The lowest BCUT2D eigenvalue weighted by Crippen LogP contribution is -2.42. The van der Waals surface area contributed by atoms with Gasteiger partial charge in [-0.05, 0) is 60.8 Å². The molecule has 0 fully saturated rings. The molecule has 0 bridgehead atoms. The van der Waals surface area contributed by atoms with Gasteiger partial charge in [-0.25, -0.2) is 0 Å². The molecule has 0 spiro atoms. The predicted molar refractivity (Wildman–Crippen MR) is 142 cm³/mol. The van der Waals surface area contributed by atoms with E-state index in [0.717, 1.165) is 52.0 Å². The quantitative estimate of drug-likeness (QED) is 0.428. The number of allylic oxidation sites excluding steroid dienone is 3. The van der Waals surface area contributed by atoms with Crippen LogP contribution in [0.5, 0.6) is 0 Å². The third kappa shape index (κ3) is 4.01. The molecule has 1 aromatic heterocycles. The van der Waals surface area contributed by atoms with Crippen molar-refractivity contribution in [3.63, 3.8) is 0 Å². The fourth-order valence-electron chi connectivity index (χ4n) is 5.73. The Labute approximate surface area is 218 Å². The first-order valence-corrected chi connectivity index (χ1v) is 13.6. The molecule has 0 amide bonds. The number of Topliss-reactive ketones (excluding diaryl/α,β-unsaturated/α-hetero) is 1. The first-order chi connectivity index (χ1) is 16.8. The maximum absolute atomic E-state index is 13.7. The lowest BCUT2D eigenvalue weighted by molar-refractivity contribution is -0.118. The van der Waals surface area contributed by atoms with Crippen LogP contribution in [0.15, 0.2) is 51.4 Å². The summed E-state index contributed by atoms with van der Waals surface area (Å²) in [7, 11) is 0. The smallest absolute Gasteiger partial charge is 0.162 e. The summed E-state index contributed by atoms with van der Waals surface area (Å²) >= 11 is 5.09. The van der Waals surface area contributed by atoms with Gasteiger partial charge in [0, 0.05) is 27.0 Å². The van der Waals surface area contributed by atoms with E-state index in [2.05, 4.69) is 41.9 Å². The third-order valence-electron chi connectivity index (χ3n) is 7.30. The third-order valence-corrected chi connectivity index (χ3v) is 9.11. The number of nitrogens with zero attached hydrogens (tertiary/aromatic N) is 3. The van der Waals surface area contributed by atoms with E-state index in [1.807, 2.05) is 29.2 Å². The average Bonchev–Trinajstić information content (AvgIpc) is 2.98. The Morgan fingerprint density at radius 3 is 2.49 bits per heavy atom. The van der Waals surface area contributed by atoms with Crippen LogP contribution in [0.1, 0.15) is 73.4 Å². The maximum Gasteiger partial charge on any atom is 0.162 e. The SMILES string of the molecule is CC1(C)CC(=O)C2=C(C1)N(c1sc3c(c1C#N)CCCCC3)C(N)=C(C#N)C2c1ccc(Br)cc1. The Balaban J connectivity index is 1.78. The lowest BCUT2D eigenvalue weighted by Gasteiger charge is -2.43. The fraction of sp³-hybridized carbons (Fsp3) is 0.393. The van der Waals surface area contributed by atoms with Crippen molar-refractivity contribution in [1.29, 1.82) is 10.5 Å². The Hall–Kier alpha value is -2.87. The van der Waals surface area contributed by atoms with Crippen LogP contribution in [-0.2, 0) is 17.6 Å². The molecule has 2 aromatic rings. The number of rotatable bonds is 2. The highest BCUT2D eigenvalue weighted by Gasteiger charge is 2.45. The number of carbonyl (C=O) groups excluding carboxylic acids is 1. The van der Waals surface area contributed by atoms with Gasteiger partial charge in [-0.15, -0.1) is 11.3 Å². The zero-order chi connectivity index (χ0) is 24.9. The summed E-state index contributed by atoms with van der Waals surface area (Å²) < 4.78 is 0.929. The fourth-order valence-corrected chi connectivity index (χ4v) is 7.37. The van der Waals surface area contributed by atoms with E-state index in [-0.39, 0.29) is 11.2 Å². The molecular formula is C28H27BrN4OS. The molecule has 3 aliphatic rings. The molecule has 0 saturated carbocycles. The van der Waals surface area contributed by atoms with Gasteiger partial charge in [-0.1, -0.05) is 48.3 Å².